The van der Waals surface area contributed by atoms with Crippen LogP contribution >= 0.6 is 11.6 Å². The fraction of sp³-hybridized carbons (Fsp3) is 0.562. The Hall–Kier alpha value is -1.26. The van der Waals surface area contributed by atoms with Crippen molar-refractivity contribution in [2.75, 3.05) is 26.2 Å². The third kappa shape index (κ3) is 4.90. The van der Waals surface area contributed by atoms with Gasteiger partial charge in [0, 0.05) is 24.2 Å². The molecule has 0 spiro atoms. The molecule has 1 saturated heterocycles. The van der Waals surface area contributed by atoms with Gasteiger partial charge in [-0.25, -0.2) is 0 Å². The Labute approximate surface area is 131 Å². The number of ether oxygens (including phenoxy) is 1. The van der Waals surface area contributed by atoms with Crippen LogP contribution < -0.4 is 10.1 Å². The molecule has 5 heteroatoms. The molecule has 1 heterocycles. The van der Waals surface area contributed by atoms with E-state index >= 15 is 0 Å². The Morgan fingerprint density at radius 1 is 1.43 bits per heavy atom. The molecule has 116 valence electrons. The molecule has 0 saturated carbocycles. The van der Waals surface area contributed by atoms with Crippen molar-refractivity contribution in [2.24, 2.45) is 0 Å². The number of halogens is 1. The van der Waals surface area contributed by atoms with Gasteiger partial charge in [-0.3, -0.25) is 4.79 Å². The van der Waals surface area contributed by atoms with Gasteiger partial charge in [0.05, 0.1) is 0 Å². The molecular formula is C16H23ClN2O2. The molecule has 0 bridgehead atoms. The summed E-state index contributed by atoms with van der Waals surface area (Å²) in [5.74, 6) is 0.728. The standard InChI is InChI=1S/C16H23ClN2O2/c1-2-10-19(14-4-3-9-18-11-14)16(20)12-21-15-7-5-13(17)6-8-15/h5-8,14,18H,2-4,9-12H2,1H3. The number of amides is 1. The van der Waals surface area contributed by atoms with Gasteiger partial charge in [0.15, 0.2) is 6.61 Å². The first-order chi connectivity index (χ1) is 10.2. The summed E-state index contributed by atoms with van der Waals surface area (Å²) in [6, 6.07) is 7.37. The van der Waals surface area contributed by atoms with Crippen LogP contribution in [0.2, 0.25) is 5.02 Å². The first kappa shape index (κ1) is 16.1. The first-order valence-electron chi connectivity index (χ1n) is 7.59. The van der Waals surface area contributed by atoms with E-state index in [-0.39, 0.29) is 12.5 Å². The summed E-state index contributed by atoms with van der Waals surface area (Å²) in [6.07, 6.45) is 3.15. The molecule has 2 rings (SSSR count). The quantitative estimate of drug-likeness (QED) is 0.878. The van der Waals surface area contributed by atoms with Crippen molar-refractivity contribution in [2.45, 2.75) is 32.2 Å². The third-order valence-corrected chi connectivity index (χ3v) is 3.92. The predicted molar refractivity (Wildman–Crippen MR) is 84.8 cm³/mol. The normalized spacial score (nSPS) is 18.3. The molecule has 0 radical (unpaired) electrons. The summed E-state index contributed by atoms with van der Waals surface area (Å²) in [4.78, 5) is 14.4. The number of nitrogens with one attached hydrogen (secondary N) is 1. The second kappa shape index (κ2) is 8.25. The summed E-state index contributed by atoms with van der Waals surface area (Å²) in [7, 11) is 0. The lowest BCUT2D eigenvalue weighted by molar-refractivity contribution is -0.136. The maximum atomic E-state index is 12.4. The van der Waals surface area contributed by atoms with E-state index in [1.54, 1.807) is 24.3 Å². The van der Waals surface area contributed by atoms with Crippen LogP contribution in [-0.4, -0.2) is 43.1 Å². The van der Waals surface area contributed by atoms with Crippen LogP contribution in [0.25, 0.3) is 0 Å². The van der Waals surface area contributed by atoms with Crippen molar-refractivity contribution in [3.8, 4) is 5.75 Å². The Morgan fingerprint density at radius 3 is 2.81 bits per heavy atom. The average molecular weight is 311 g/mol. The van der Waals surface area contributed by atoms with E-state index in [9.17, 15) is 4.79 Å². The van der Waals surface area contributed by atoms with Gasteiger partial charge in [-0.1, -0.05) is 18.5 Å². The lowest BCUT2D eigenvalue weighted by Gasteiger charge is -2.34. The number of piperidine rings is 1. The van der Waals surface area contributed by atoms with Gasteiger partial charge in [-0.05, 0) is 50.1 Å². The molecule has 0 aromatic heterocycles. The number of benzene rings is 1. The summed E-state index contributed by atoms with van der Waals surface area (Å²) in [5, 5.41) is 4.02. The predicted octanol–water partition coefficient (Wildman–Crippen LogP) is 2.71. The molecule has 1 aliphatic rings. The van der Waals surface area contributed by atoms with E-state index in [1.165, 1.54) is 0 Å². The number of hydrogen-bond acceptors (Lipinski definition) is 3. The van der Waals surface area contributed by atoms with Crippen molar-refractivity contribution in [1.82, 2.24) is 10.2 Å². The van der Waals surface area contributed by atoms with Crippen molar-refractivity contribution >= 4 is 17.5 Å². The molecular weight excluding hydrogens is 288 g/mol. The topological polar surface area (TPSA) is 41.6 Å². The number of nitrogens with zero attached hydrogens (tertiary/aromatic N) is 1. The van der Waals surface area contributed by atoms with Crippen LogP contribution in [0.4, 0.5) is 0 Å². The maximum Gasteiger partial charge on any atom is 0.260 e. The molecule has 1 aromatic rings. The molecule has 21 heavy (non-hydrogen) atoms. The molecule has 1 unspecified atom stereocenters. The highest BCUT2D eigenvalue weighted by Gasteiger charge is 2.24. The van der Waals surface area contributed by atoms with E-state index in [0.717, 1.165) is 38.9 Å². The van der Waals surface area contributed by atoms with Crippen LogP contribution in [0.1, 0.15) is 26.2 Å². The Kier molecular flexibility index (Phi) is 6.33. The summed E-state index contributed by atoms with van der Waals surface area (Å²) in [5.41, 5.74) is 0. The van der Waals surface area contributed by atoms with Crippen LogP contribution in [0.15, 0.2) is 24.3 Å². The minimum Gasteiger partial charge on any atom is -0.484 e. The fourth-order valence-electron chi connectivity index (χ4n) is 2.61. The second-order valence-electron chi connectivity index (χ2n) is 5.33. The highest BCUT2D eigenvalue weighted by atomic mass is 35.5. The van der Waals surface area contributed by atoms with Crippen molar-refractivity contribution in [1.29, 1.82) is 0 Å². The molecule has 1 atom stereocenters. The minimum absolute atomic E-state index is 0.0560. The van der Waals surface area contributed by atoms with Gasteiger partial charge in [-0.2, -0.15) is 0 Å². The van der Waals surface area contributed by atoms with Gasteiger partial charge in [0.25, 0.3) is 5.91 Å². The zero-order valence-electron chi connectivity index (χ0n) is 12.5. The maximum absolute atomic E-state index is 12.4. The number of carbonyl (C=O) groups is 1. The molecule has 1 amide bonds. The molecule has 1 N–H and O–H groups in total. The first-order valence-corrected chi connectivity index (χ1v) is 7.97. The lowest BCUT2D eigenvalue weighted by atomic mass is 10.1. The van der Waals surface area contributed by atoms with Gasteiger partial charge >= 0.3 is 0 Å². The lowest BCUT2D eigenvalue weighted by Crippen LogP contribution is -2.50. The Bertz CT molecular complexity index is 444. The SMILES string of the molecule is CCCN(C(=O)COc1ccc(Cl)cc1)C1CCCNC1. The van der Waals surface area contributed by atoms with E-state index < -0.39 is 0 Å². The average Bonchev–Trinajstić information content (AvgIpc) is 2.52. The molecule has 1 fully saturated rings. The van der Waals surface area contributed by atoms with Crippen LogP contribution in [0, 0.1) is 0 Å². The summed E-state index contributed by atoms with van der Waals surface area (Å²) in [6.45, 7) is 4.89. The van der Waals surface area contributed by atoms with Crippen LogP contribution in [-0.2, 0) is 4.79 Å². The third-order valence-electron chi connectivity index (χ3n) is 3.67. The van der Waals surface area contributed by atoms with Gasteiger partial charge < -0.3 is 15.0 Å². The van der Waals surface area contributed by atoms with Crippen LogP contribution in [0.5, 0.6) is 5.75 Å². The van der Waals surface area contributed by atoms with E-state index in [0.29, 0.717) is 16.8 Å². The Balaban J connectivity index is 1.89. The minimum atomic E-state index is 0.0560. The van der Waals surface area contributed by atoms with Gasteiger partial charge in [0.1, 0.15) is 5.75 Å². The van der Waals surface area contributed by atoms with E-state index in [1.807, 2.05) is 4.90 Å². The van der Waals surface area contributed by atoms with Crippen molar-refractivity contribution in [3.05, 3.63) is 29.3 Å². The zero-order valence-corrected chi connectivity index (χ0v) is 13.2. The van der Waals surface area contributed by atoms with Gasteiger partial charge in [0.2, 0.25) is 0 Å². The second-order valence-corrected chi connectivity index (χ2v) is 5.77. The zero-order chi connectivity index (χ0) is 15.1. The fourth-order valence-corrected chi connectivity index (χ4v) is 2.74. The van der Waals surface area contributed by atoms with Gasteiger partial charge in [-0.15, -0.1) is 0 Å². The molecule has 1 aromatic carbocycles. The highest BCUT2D eigenvalue weighted by molar-refractivity contribution is 6.30. The number of rotatable bonds is 6. The summed E-state index contributed by atoms with van der Waals surface area (Å²) < 4.78 is 5.57. The molecule has 1 aliphatic heterocycles. The molecule has 4 nitrogen and oxygen atoms in total. The number of carbonyl (C=O) groups excluding carboxylic acids is 1. The summed E-state index contributed by atoms with van der Waals surface area (Å²) >= 11 is 5.83. The number of hydrogen-bond donors (Lipinski definition) is 1. The molecule has 0 aliphatic carbocycles. The smallest absolute Gasteiger partial charge is 0.260 e. The van der Waals surface area contributed by atoms with Crippen molar-refractivity contribution < 1.29 is 9.53 Å². The highest BCUT2D eigenvalue weighted by Crippen LogP contribution is 2.16. The monoisotopic (exact) mass is 310 g/mol. The van der Waals surface area contributed by atoms with Crippen molar-refractivity contribution in [3.63, 3.8) is 0 Å². The van der Waals surface area contributed by atoms with Crippen LogP contribution in [0.3, 0.4) is 0 Å². The van der Waals surface area contributed by atoms with E-state index in [4.69, 9.17) is 16.3 Å². The largest absolute Gasteiger partial charge is 0.484 e. The van der Waals surface area contributed by atoms with E-state index in [2.05, 4.69) is 12.2 Å². The Morgan fingerprint density at radius 2 is 2.19 bits per heavy atom.